The first-order valence-corrected chi connectivity index (χ1v) is 7.44. The molecular weight excluding hydrogens is 307 g/mol. The van der Waals surface area contributed by atoms with E-state index in [2.05, 4.69) is 12.2 Å². The number of hydrogen-bond donors (Lipinski definition) is 1. The summed E-state index contributed by atoms with van der Waals surface area (Å²) in [6.07, 6.45) is 0. The Morgan fingerprint density at radius 1 is 1.14 bits per heavy atom. The SMILES string of the molecule is C[C@@H]1CN(C(=O)Nc2ccc(Cl)cc2)c2ccc(Cl)cc21. The summed E-state index contributed by atoms with van der Waals surface area (Å²) in [7, 11) is 0. The molecular formula is C16H14Cl2N2O. The van der Waals surface area contributed by atoms with Crippen molar-refractivity contribution in [1.82, 2.24) is 0 Å². The summed E-state index contributed by atoms with van der Waals surface area (Å²) in [5, 5.41) is 4.22. The molecule has 0 fully saturated rings. The normalized spacial score (nSPS) is 16.7. The lowest BCUT2D eigenvalue weighted by atomic mass is 10.0. The van der Waals surface area contributed by atoms with Crippen molar-refractivity contribution in [3.8, 4) is 0 Å². The molecule has 1 aliphatic rings. The lowest BCUT2D eigenvalue weighted by Crippen LogP contribution is -2.33. The monoisotopic (exact) mass is 320 g/mol. The number of amides is 2. The summed E-state index contributed by atoms with van der Waals surface area (Å²) in [5.41, 5.74) is 2.74. The first-order chi connectivity index (χ1) is 10.0. The van der Waals surface area contributed by atoms with Crippen LogP contribution in [0, 0.1) is 0 Å². The largest absolute Gasteiger partial charge is 0.326 e. The predicted molar refractivity (Wildman–Crippen MR) is 87.7 cm³/mol. The molecule has 1 atom stereocenters. The quantitative estimate of drug-likeness (QED) is 0.774. The van der Waals surface area contributed by atoms with Crippen LogP contribution in [0.5, 0.6) is 0 Å². The van der Waals surface area contributed by atoms with Crippen molar-refractivity contribution in [2.75, 3.05) is 16.8 Å². The molecule has 2 aromatic carbocycles. The van der Waals surface area contributed by atoms with E-state index in [0.717, 1.165) is 16.9 Å². The van der Waals surface area contributed by atoms with E-state index in [1.54, 1.807) is 35.2 Å². The Bertz CT molecular complexity index is 685. The zero-order valence-electron chi connectivity index (χ0n) is 11.4. The molecule has 0 spiro atoms. The Balaban J connectivity index is 1.82. The predicted octanol–water partition coefficient (Wildman–Crippen LogP) is 5.15. The molecule has 0 saturated heterocycles. The second-order valence-corrected chi connectivity index (χ2v) is 6.02. The molecule has 2 aromatic rings. The highest BCUT2D eigenvalue weighted by molar-refractivity contribution is 6.31. The number of carbonyl (C=O) groups excluding carboxylic acids is 1. The van der Waals surface area contributed by atoms with Crippen LogP contribution in [0.3, 0.4) is 0 Å². The molecule has 21 heavy (non-hydrogen) atoms. The molecule has 1 N–H and O–H groups in total. The van der Waals surface area contributed by atoms with Gasteiger partial charge < -0.3 is 5.32 Å². The number of nitrogens with zero attached hydrogens (tertiary/aromatic N) is 1. The summed E-state index contributed by atoms with van der Waals surface area (Å²) in [4.78, 5) is 14.2. The minimum absolute atomic E-state index is 0.148. The lowest BCUT2D eigenvalue weighted by molar-refractivity contribution is 0.257. The summed E-state index contributed by atoms with van der Waals surface area (Å²) in [6.45, 7) is 2.74. The fraction of sp³-hybridized carbons (Fsp3) is 0.188. The fourth-order valence-corrected chi connectivity index (χ4v) is 2.86. The number of benzene rings is 2. The van der Waals surface area contributed by atoms with Gasteiger partial charge in [-0.15, -0.1) is 0 Å². The molecule has 1 heterocycles. The zero-order valence-corrected chi connectivity index (χ0v) is 12.9. The highest BCUT2D eigenvalue weighted by atomic mass is 35.5. The number of carbonyl (C=O) groups is 1. The van der Waals surface area contributed by atoms with Crippen molar-refractivity contribution in [2.24, 2.45) is 0 Å². The summed E-state index contributed by atoms with van der Waals surface area (Å²) >= 11 is 11.9. The highest BCUT2D eigenvalue weighted by Gasteiger charge is 2.29. The van der Waals surface area contributed by atoms with E-state index in [0.29, 0.717) is 16.6 Å². The molecule has 0 saturated carbocycles. The Kier molecular flexibility index (Phi) is 3.79. The molecule has 2 amide bonds. The van der Waals surface area contributed by atoms with Gasteiger partial charge in [0, 0.05) is 33.9 Å². The van der Waals surface area contributed by atoms with Gasteiger partial charge in [-0.3, -0.25) is 4.90 Å². The van der Waals surface area contributed by atoms with Crippen LogP contribution >= 0.6 is 23.2 Å². The van der Waals surface area contributed by atoms with Gasteiger partial charge in [-0.05, 0) is 48.0 Å². The Hall–Kier alpha value is -1.71. The second kappa shape index (κ2) is 5.58. The van der Waals surface area contributed by atoms with Crippen molar-refractivity contribution in [3.63, 3.8) is 0 Å². The molecule has 3 nitrogen and oxygen atoms in total. The molecule has 108 valence electrons. The van der Waals surface area contributed by atoms with Gasteiger partial charge in [0.1, 0.15) is 0 Å². The second-order valence-electron chi connectivity index (χ2n) is 5.15. The molecule has 0 unspecified atom stereocenters. The van der Waals surface area contributed by atoms with Crippen molar-refractivity contribution in [1.29, 1.82) is 0 Å². The number of hydrogen-bond acceptors (Lipinski definition) is 1. The average Bonchev–Trinajstić information content (AvgIpc) is 2.78. The summed E-state index contributed by atoms with van der Waals surface area (Å²) in [6, 6.07) is 12.5. The van der Waals surface area contributed by atoms with Gasteiger partial charge in [0.15, 0.2) is 0 Å². The summed E-state index contributed by atoms with van der Waals surface area (Å²) < 4.78 is 0. The van der Waals surface area contributed by atoms with Crippen LogP contribution in [0.25, 0.3) is 0 Å². The number of anilines is 2. The Labute approximate surface area is 133 Å². The van der Waals surface area contributed by atoms with Gasteiger partial charge in [-0.2, -0.15) is 0 Å². The van der Waals surface area contributed by atoms with Crippen molar-refractivity contribution < 1.29 is 4.79 Å². The highest BCUT2D eigenvalue weighted by Crippen LogP contribution is 2.37. The third kappa shape index (κ3) is 2.85. The first-order valence-electron chi connectivity index (χ1n) is 6.68. The standard InChI is InChI=1S/C16H14Cl2N2O/c1-10-9-20(15-7-4-12(18)8-14(10)15)16(21)19-13-5-2-11(17)3-6-13/h2-8,10H,9H2,1H3,(H,19,21)/t10-/m1/s1. The molecule has 0 radical (unpaired) electrons. The average molecular weight is 321 g/mol. The van der Waals surface area contributed by atoms with Crippen LogP contribution in [0.1, 0.15) is 18.4 Å². The van der Waals surface area contributed by atoms with E-state index >= 15 is 0 Å². The van der Waals surface area contributed by atoms with Gasteiger partial charge in [0.2, 0.25) is 0 Å². The van der Waals surface area contributed by atoms with Crippen molar-refractivity contribution in [3.05, 3.63) is 58.1 Å². The molecule has 1 aliphatic heterocycles. The maximum atomic E-state index is 12.4. The number of halogens is 2. The van der Waals surface area contributed by atoms with E-state index in [9.17, 15) is 4.79 Å². The molecule has 5 heteroatoms. The first kappa shape index (κ1) is 14.2. The smallest absolute Gasteiger partial charge is 0.308 e. The van der Waals surface area contributed by atoms with Gasteiger partial charge in [-0.25, -0.2) is 4.79 Å². The fourth-order valence-electron chi connectivity index (χ4n) is 2.55. The van der Waals surface area contributed by atoms with E-state index in [1.165, 1.54) is 0 Å². The number of nitrogens with one attached hydrogen (secondary N) is 1. The summed E-state index contributed by atoms with van der Waals surface area (Å²) in [5.74, 6) is 0.273. The van der Waals surface area contributed by atoms with E-state index in [-0.39, 0.29) is 11.9 Å². The zero-order chi connectivity index (χ0) is 15.0. The van der Waals surface area contributed by atoms with Gasteiger partial charge in [-0.1, -0.05) is 30.1 Å². The van der Waals surface area contributed by atoms with E-state index in [1.807, 2.05) is 12.1 Å². The maximum Gasteiger partial charge on any atom is 0.326 e. The van der Waals surface area contributed by atoms with Crippen molar-refractivity contribution in [2.45, 2.75) is 12.8 Å². The van der Waals surface area contributed by atoms with Crippen LogP contribution in [-0.2, 0) is 0 Å². The van der Waals surface area contributed by atoms with Crippen LogP contribution in [0.4, 0.5) is 16.2 Å². The minimum Gasteiger partial charge on any atom is -0.308 e. The van der Waals surface area contributed by atoms with E-state index in [4.69, 9.17) is 23.2 Å². The van der Waals surface area contributed by atoms with Crippen LogP contribution in [-0.4, -0.2) is 12.6 Å². The Morgan fingerprint density at radius 2 is 1.81 bits per heavy atom. The molecule has 0 aromatic heterocycles. The molecule has 0 aliphatic carbocycles. The number of fused-ring (bicyclic) bond motifs is 1. The minimum atomic E-state index is -0.148. The number of urea groups is 1. The van der Waals surface area contributed by atoms with Gasteiger partial charge >= 0.3 is 6.03 Å². The lowest BCUT2D eigenvalue weighted by Gasteiger charge is -2.18. The van der Waals surface area contributed by atoms with Gasteiger partial charge in [0.05, 0.1) is 0 Å². The van der Waals surface area contributed by atoms with Gasteiger partial charge in [0.25, 0.3) is 0 Å². The maximum absolute atomic E-state index is 12.4. The van der Waals surface area contributed by atoms with Crippen LogP contribution in [0.2, 0.25) is 10.0 Å². The van der Waals surface area contributed by atoms with Crippen LogP contribution < -0.4 is 10.2 Å². The van der Waals surface area contributed by atoms with Crippen molar-refractivity contribution >= 4 is 40.6 Å². The third-order valence-corrected chi connectivity index (χ3v) is 4.10. The third-order valence-electron chi connectivity index (χ3n) is 3.61. The topological polar surface area (TPSA) is 32.3 Å². The van der Waals surface area contributed by atoms with E-state index < -0.39 is 0 Å². The Morgan fingerprint density at radius 3 is 2.52 bits per heavy atom. The number of rotatable bonds is 1. The van der Waals surface area contributed by atoms with Crippen LogP contribution in [0.15, 0.2) is 42.5 Å². The molecule has 0 bridgehead atoms. The molecule has 3 rings (SSSR count).